The number of aromatic amines is 1. The molecule has 0 unspecified atom stereocenters. The van der Waals surface area contributed by atoms with E-state index in [9.17, 15) is 4.79 Å². The van der Waals surface area contributed by atoms with Crippen LogP contribution in [0.15, 0.2) is 42.5 Å². The van der Waals surface area contributed by atoms with Crippen molar-refractivity contribution in [1.29, 1.82) is 0 Å². The maximum atomic E-state index is 12.8. The number of nitrogens with zero attached hydrogens (tertiary/aromatic N) is 1. The number of rotatable bonds is 2. The SMILES string of the molecule is Cc1ccc2[nH]c3c(c2c1)CN(C(=O)Cc1ccccc1C)CC3. The van der Waals surface area contributed by atoms with Gasteiger partial charge in [0.25, 0.3) is 0 Å². The summed E-state index contributed by atoms with van der Waals surface area (Å²) in [6.45, 7) is 5.69. The van der Waals surface area contributed by atoms with Crippen molar-refractivity contribution in [1.82, 2.24) is 9.88 Å². The lowest BCUT2D eigenvalue weighted by Gasteiger charge is -2.27. The van der Waals surface area contributed by atoms with Gasteiger partial charge in [-0.25, -0.2) is 0 Å². The maximum Gasteiger partial charge on any atom is 0.227 e. The fourth-order valence-corrected chi connectivity index (χ4v) is 3.62. The van der Waals surface area contributed by atoms with E-state index >= 15 is 0 Å². The number of H-pyrrole nitrogens is 1. The molecule has 0 atom stereocenters. The molecule has 3 heteroatoms. The van der Waals surface area contributed by atoms with Crippen LogP contribution in [0.25, 0.3) is 10.9 Å². The summed E-state index contributed by atoms with van der Waals surface area (Å²) in [5.74, 6) is 0.219. The summed E-state index contributed by atoms with van der Waals surface area (Å²) in [6, 6.07) is 14.6. The van der Waals surface area contributed by atoms with Gasteiger partial charge < -0.3 is 9.88 Å². The number of amides is 1. The standard InChI is InChI=1S/C21H22N2O/c1-14-7-8-19-17(11-14)18-13-23(10-9-20(18)22-19)21(24)12-16-6-4-3-5-15(16)2/h3-8,11,22H,9-10,12-13H2,1-2H3. The first-order valence-electron chi connectivity index (χ1n) is 8.54. The Morgan fingerprint density at radius 3 is 2.83 bits per heavy atom. The summed E-state index contributed by atoms with van der Waals surface area (Å²) < 4.78 is 0. The van der Waals surface area contributed by atoms with E-state index in [1.54, 1.807) is 0 Å². The highest BCUT2D eigenvalue weighted by molar-refractivity contribution is 5.87. The van der Waals surface area contributed by atoms with E-state index in [0.29, 0.717) is 13.0 Å². The molecule has 3 aromatic rings. The number of nitrogens with one attached hydrogen (secondary N) is 1. The van der Waals surface area contributed by atoms with Crippen LogP contribution in [0.4, 0.5) is 0 Å². The van der Waals surface area contributed by atoms with Crippen molar-refractivity contribution in [3.05, 3.63) is 70.4 Å². The van der Waals surface area contributed by atoms with E-state index in [-0.39, 0.29) is 5.91 Å². The van der Waals surface area contributed by atoms with Gasteiger partial charge in [0.1, 0.15) is 0 Å². The largest absolute Gasteiger partial charge is 0.358 e. The number of hydrogen-bond acceptors (Lipinski definition) is 1. The number of fused-ring (bicyclic) bond motifs is 3. The molecule has 4 rings (SSSR count). The van der Waals surface area contributed by atoms with Crippen LogP contribution in [0, 0.1) is 13.8 Å². The summed E-state index contributed by atoms with van der Waals surface area (Å²) in [5.41, 5.74) is 7.33. The maximum absolute atomic E-state index is 12.8. The van der Waals surface area contributed by atoms with Crippen LogP contribution in [-0.4, -0.2) is 22.3 Å². The molecule has 1 aliphatic heterocycles. The highest BCUT2D eigenvalue weighted by Crippen LogP contribution is 2.28. The van der Waals surface area contributed by atoms with Crippen molar-refractivity contribution < 1.29 is 4.79 Å². The summed E-state index contributed by atoms with van der Waals surface area (Å²) >= 11 is 0. The zero-order chi connectivity index (χ0) is 16.7. The molecular weight excluding hydrogens is 296 g/mol. The Morgan fingerprint density at radius 1 is 1.17 bits per heavy atom. The Hall–Kier alpha value is -2.55. The number of aromatic nitrogens is 1. The van der Waals surface area contributed by atoms with Crippen LogP contribution in [0.2, 0.25) is 0 Å². The number of aryl methyl sites for hydroxylation is 2. The predicted molar refractivity (Wildman–Crippen MR) is 97.0 cm³/mol. The van der Waals surface area contributed by atoms with Crippen molar-refractivity contribution in [2.45, 2.75) is 33.2 Å². The molecule has 0 radical (unpaired) electrons. The smallest absolute Gasteiger partial charge is 0.227 e. The number of hydrogen-bond donors (Lipinski definition) is 1. The van der Waals surface area contributed by atoms with E-state index in [4.69, 9.17) is 0 Å². The van der Waals surface area contributed by atoms with Gasteiger partial charge in [0, 0.05) is 41.7 Å². The first-order valence-corrected chi connectivity index (χ1v) is 8.54. The lowest BCUT2D eigenvalue weighted by molar-refractivity contribution is -0.131. The average Bonchev–Trinajstić information content (AvgIpc) is 2.94. The third-order valence-electron chi connectivity index (χ3n) is 5.09. The monoisotopic (exact) mass is 318 g/mol. The van der Waals surface area contributed by atoms with Crippen molar-refractivity contribution in [3.63, 3.8) is 0 Å². The van der Waals surface area contributed by atoms with E-state index in [1.807, 2.05) is 17.0 Å². The number of benzene rings is 2. The lowest BCUT2D eigenvalue weighted by Crippen LogP contribution is -2.36. The zero-order valence-corrected chi connectivity index (χ0v) is 14.2. The molecule has 0 fully saturated rings. The van der Waals surface area contributed by atoms with Crippen molar-refractivity contribution in [3.8, 4) is 0 Å². The molecule has 0 spiro atoms. The van der Waals surface area contributed by atoms with Crippen molar-refractivity contribution >= 4 is 16.8 Å². The molecule has 122 valence electrons. The van der Waals surface area contributed by atoms with Gasteiger partial charge >= 0.3 is 0 Å². The first kappa shape index (κ1) is 15.0. The Morgan fingerprint density at radius 2 is 2.00 bits per heavy atom. The van der Waals surface area contributed by atoms with Crippen molar-refractivity contribution in [2.24, 2.45) is 0 Å². The van der Waals surface area contributed by atoms with Crippen LogP contribution in [0.5, 0.6) is 0 Å². The summed E-state index contributed by atoms with van der Waals surface area (Å²) in [4.78, 5) is 18.3. The van der Waals surface area contributed by atoms with Crippen LogP contribution in [0.1, 0.15) is 27.9 Å². The van der Waals surface area contributed by atoms with Gasteiger partial charge in [-0.2, -0.15) is 0 Å². The lowest BCUT2D eigenvalue weighted by atomic mass is 10.0. The Balaban J connectivity index is 1.59. The van der Waals surface area contributed by atoms with E-state index < -0.39 is 0 Å². The molecule has 0 bridgehead atoms. The molecule has 0 saturated carbocycles. The second kappa shape index (κ2) is 5.82. The highest BCUT2D eigenvalue weighted by atomic mass is 16.2. The van der Waals surface area contributed by atoms with Crippen LogP contribution < -0.4 is 0 Å². The van der Waals surface area contributed by atoms with Crippen LogP contribution >= 0.6 is 0 Å². The molecular formula is C21H22N2O. The second-order valence-electron chi connectivity index (χ2n) is 6.80. The Kier molecular flexibility index (Phi) is 3.64. The molecule has 24 heavy (non-hydrogen) atoms. The van der Waals surface area contributed by atoms with Crippen LogP contribution in [0.3, 0.4) is 0 Å². The molecule has 0 saturated heterocycles. The molecule has 1 aromatic heterocycles. The molecule has 0 aliphatic carbocycles. The normalized spacial score (nSPS) is 14.0. The molecule has 1 amide bonds. The quantitative estimate of drug-likeness (QED) is 0.764. The van der Waals surface area contributed by atoms with E-state index in [2.05, 4.69) is 49.2 Å². The van der Waals surface area contributed by atoms with Gasteiger partial charge in [-0.15, -0.1) is 0 Å². The average molecular weight is 318 g/mol. The molecule has 2 aromatic carbocycles. The minimum atomic E-state index is 0.219. The Labute approximate surface area is 142 Å². The third kappa shape index (κ3) is 2.60. The number of carbonyl (C=O) groups excluding carboxylic acids is 1. The fraction of sp³-hybridized carbons (Fsp3) is 0.286. The minimum Gasteiger partial charge on any atom is -0.358 e. The molecule has 3 nitrogen and oxygen atoms in total. The van der Waals surface area contributed by atoms with Gasteiger partial charge in [-0.1, -0.05) is 35.9 Å². The zero-order valence-electron chi connectivity index (χ0n) is 14.2. The van der Waals surface area contributed by atoms with Gasteiger partial charge in [0.15, 0.2) is 0 Å². The van der Waals surface area contributed by atoms with E-state index in [1.165, 1.54) is 33.3 Å². The highest BCUT2D eigenvalue weighted by Gasteiger charge is 2.24. The van der Waals surface area contributed by atoms with Gasteiger partial charge in [-0.3, -0.25) is 4.79 Å². The van der Waals surface area contributed by atoms with Gasteiger partial charge in [0.05, 0.1) is 6.42 Å². The van der Waals surface area contributed by atoms with Gasteiger partial charge in [0.2, 0.25) is 5.91 Å². The van der Waals surface area contributed by atoms with Crippen LogP contribution in [-0.2, 0) is 24.2 Å². The summed E-state index contributed by atoms with van der Waals surface area (Å²) in [5, 5.41) is 1.26. The molecule has 1 N–H and O–H groups in total. The Bertz CT molecular complexity index is 923. The second-order valence-corrected chi connectivity index (χ2v) is 6.80. The first-order chi connectivity index (χ1) is 11.6. The predicted octanol–water partition coefficient (Wildman–Crippen LogP) is 3.91. The molecule has 2 heterocycles. The third-order valence-corrected chi connectivity index (χ3v) is 5.09. The topological polar surface area (TPSA) is 36.1 Å². The van der Waals surface area contributed by atoms with Gasteiger partial charge in [-0.05, 0) is 37.1 Å². The van der Waals surface area contributed by atoms with E-state index in [0.717, 1.165) is 18.5 Å². The summed E-state index contributed by atoms with van der Waals surface area (Å²) in [7, 11) is 0. The number of carbonyl (C=O) groups is 1. The molecule has 1 aliphatic rings. The van der Waals surface area contributed by atoms with Crippen molar-refractivity contribution in [2.75, 3.05) is 6.54 Å². The minimum absolute atomic E-state index is 0.219. The fourth-order valence-electron chi connectivity index (χ4n) is 3.62. The summed E-state index contributed by atoms with van der Waals surface area (Å²) in [6.07, 6.45) is 1.39.